The number of rotatable bonds is 6. The van der Waals surface area contributed by atoms with Gasteiger partial charge in [-0.1, -0.05) is 30.3 Å². The van der Waals surface area contributed by atoms with Gasteiger partial charge in [0.15, 0.2) is 0 Å². The first kappa shape index (κ1) is 19.9. The number of halogens is 1. The molecule has 0 atom stereocenters. The maximum absolute atomic E-state index is 14.2. The van der Waals surface area contributed by atoms with Crippen molar-refractivity contribution in [1.82, 2.24) is 0 Å². The van der Waals surface area contributed by atoms with Gasteiger partial charge in [-0.2, -0.15) is 0 Å². The predicted octanol–water partition coefficient (Wildman–Crippen LogP) is 4.85. The average molecular weight is 399 g/mol. The van der Waals surface area contributed by atoms with E-state index in [9.17, 15) is 12.8 Å². The maximum atomic E-state index is 14.2. The normalized spacial score (nSPS) is 11.3. The van der Waals surface area contributed by atoms with Crippen LogP contribution in [0.5, 0.6) is 5.75 Å². The zero-order chi connectivity index (χ0) is 20.3. The molecular weight excluding hydrogens is 377 g/mol. The number of aryl methyl sites for hydroxylation is 2. The molecule has 0 spiro atoms. The minimum absolute atomic E-state index is 0.0722. The Bertz CT molecular complexity index is 1080. The molecule has 3 aromatic rings. The highest BCUT2D eigenvalue weighted by molar-refractivity contribution is 7.92. The summed E-state index contributed by atoms with van der Waals surface area (Å²) in [5.41, 5.74) is 2.33. The molecule has 0 radical (unpaired) electrons. The van der Waals surface area contributed by atoms with Crippen LogP contribution in [0.2, 0.25) is 0 Å². The van der Waals surface area contributed by atoms with E-state index < -0.39 is 15.8 Å². The first-order chi connectivity index (χ1) is 13.3. The van der Waals surface area contributed by atoms with Crippen LogP contribution < -0.4 is 9.04 Å². The van der Waals surface area contributed by atoms with E-state index in [1.807, 2.05) is 13.0 Å². The molecule has 0 fully saturated rings. The van der Waals surface area contributed by atoms with E-state index in [2.05, 4.69) is 0 Å². The summed E-state index contributed by atoms with van der Waals surface area (Å²) in [6.45, 7) is 3.54. The fourth-order valence-corrected chi connectivity index (χ4v) is 4.40. The van der Waals surface area contributed by atoms with Crippen molar-refractivity contribution in [1.29, 1.82) is 0 Å². The minimum Gasteiger partial charge on any atom is -0.497 e. The summed E-state index contributed by atoms with van der Waals surface area (Å²) >= 11 is 0. The van der Waals surface area contributed by atoms with E-state index in [1.165, 1.54) is 10.4 Å². The van der Waals surface area contributed by atoms with E-state index in [-0.39, 0.29) is 17.1 Å². The van der Waals surface area contributed by atoms with E-state index in [4.69, 9.17) is 4.74 Å². The lowest BCUT2D eigenvalue weighted by atomic mass is 10.2. The van der Waals surface area contributed by atoms with Gasteiger partial charge in [0.05, 0.1) is 24.2 Å². The zero-order valence-electron chi connectivity index (χ0n) is 16.0. The Morgan fingerprint density at radius 2 is 1.68 bits per heavy atom. The molecular formula is C22H22FNO3S. The second-order valence-electron chi connectivity index (χ2n) is 6.61. The Labute approximate surface area is 165 Å². The summed E-state index contributed by atoms with van der Waals surface area (Å²) in [5, 5.41) is 0. The molecule has 0 saturated carbocycles. The Morgan fingerprint density at radius 1 is 0.964 bits per heavy atom. The molecule has 0 aliphatic heterocycles. The number of ether oxygens (including phenoxy) is 1. The SMILES string of the molecule is COc1ccc(CN(c2ccc(C)c(F)c2)S(=O)(=O)c2cccc(C)c2)cc1. The molecule has 3 rings (SSSR count). The first-order valence-corrected chi connectivity index (χ1v) is 10.2. The second-order valence-corrected chi connectivity index (χ2v) is 8.47. The molecule has 0 amide bonds. The highest BCUT2D eigenvalue weighted by Crippen LogP contribution is 2.28. The summed E-state index contributed by atoms with van der Waals surface area (Å²) in [5.74, 6) is 0.231. The summed E-state index contributed by atoms with van der Waals surface area (Å²) in [6, 6.07) is 18.3. The molecule has 0 aliphatic carbocycles. The van der Waals surface area contributed by atoms with Gasteiger partial charge >= 0.3 is 0 Å². The van der Waals surface area contributed by atoms with Crippen LogP contribution in [-0.2, 0) is 16.6 Å². The molecule has 4 nitrogen and oxygen atoms in total. The van der Waals surface area contributed by atoms with Crippen LogP contribution in [0.4, 0.5) is 10.1 Å². The standard InChI is InChI=1S/C22H22FNO3S/c1-16-5-4-6-21(13-16)28(25,26)24(19-10-7-17(2)22(23)14-19)15-18-8-11-20(27-3)12-9-18/h4-14H,15H2,1-3H3. The molecule has 146 valence electrons. The number of benzene rings is 3. The fraction of sp³-hybridized carbons (Fsp3) is 0.182. The first-order valence-electron chi connectivity index (χ1n) is 8.80. The van der Waals surface area contributed by atoms with E-state index >= 15 is 0 Å². The molecule has 28 heavy (non-hydrogen) atoms. The van der Waals surface area contributed by atoms with Gasteiger partial charge in [-0.3, -0.25) is 4.31 Å². The third kappa shape index (κ3) is 4.17. The predicted molar refractivity (Wildman–Crippen MR) is 109 cm³/mol. The van der Waals surface area contributed by atoms with Crippen molar-refractivity contribution >= 4 is 15.7 Å². The smallest absolute Gasteiger partial charge is 0.264 e. The van der Waals surface area contributed by atoms with Crippen molar-refractivity contribution in [3.63, 3.8) is 0 Å². The van der Waals surface area contributed by atoms with Crippen LogP contribution in [0.1, 0.15) is 16.7 Å². The van der Waals surface area contributed by atoms with Gasteiger partial charge in [-0.05, 0) is 66.9 Å². The summed E-state index contributed by atoms with van der Waals surface area (Å²) in [6.07, 6.45) is 0. The number of hydrogen-bond donors (Lipinski definition) is 0. The molecule has 0 bridgehead atoms. The Balaban J connectivity index is 2.08. The van der Waals surface area contributed by atoms with Crippen LogP contribution in [-0.4, -0.2) is 15.5 Å². The average Bonchev–Trinajstić information content (AvgIpc) is 2.68. The van der Waals surface area contributed by atoms with Gasteiger partial charge in [-0.15, -0.1) is 0 Å². The molecule has 0 aromatic heterocycles. The molecule has 0 aliphatic rings. The summed E-state index contributed by atoms with van der Waals surface area (Å²) < 4.78 is 47.4. The molecule has 3 aromatic carbocycles. The van der Waals surface area contributed by atoms with Crippen molar-refractivity contribution in [2.75, 3.05) is 11.4 Å². The zero-order valence-corrected chi connectivity index (χ0v) is 16.8. The van der Waals surface area contributed by atoms with Crippen molar-refractivity contribution in [3.8, 4) is 5.75 Å². The van der Waals surface area contributed by atoms with Crippen LogP contribution in [0.3, 0.4) is 0 Å². The Kier molecular flexibility index (Phi) is 5.70. The van der Waals surface area contributed by atoms with Gasteiger partial charge in [-0.25, -0.2) is 12.8 Å². The van der Waals surface area contributed by atoms with E-state index in [0.717, 1.165) is 11.1 Å². The third-order valence-electron chi connectivity index (χ3n) is 4.51. The Morgan fingerprint density at radius 3 is 2.29 bits per heavy atom. The monoisotopic (exact) mass is 399 g/mol. The number of anilines is 1. The van der Waals surface area contributed by atoms with Crippen LogP contribution >= 0.6 is 0 Å². The second kappa shape index (κ2) is 8.02. The maximum Gasteiger partial charge on any atom is 0.264 e. The van der Waals surface area contributed by atoms with Crippen molar-refractivity contribution < 1.29 is 17.5 Å². The molecule has 0 unspecified atom stereocenters. The summed E-state index contributed by atoms with van der Waals surface area (Å²) in [4.78, 5) is 0.169. The fourth-order valence-electron chi connectivity index (χ4n) is 2.85. The highest BCUT2D eigenvalue weighted by atomic mass is 32.2. The number of nitrogens with zero attached hydrogens (tertiary/aromatic N) is 1. The highest BCUT2D eigenvalue weighted by Gasteiger charge is 2.26. The lowest BCUT2D eigenvalue weighted by Crippen LogP contribution is -2.30. The van der Waals surface area contributed by atoms with Crippen LogP contribution in [0.15, 0.2) is 71.6 Å². The third-order valence-corrected chi connectivity index (χ3v) is 6.28. The summed E-state index contributed by atoms with van der Waals surface area (Å²) in [7, 11) is -2.32. The van der Waals surface area contributed by atoms with Gasteiger partial charge in [0, 0.05) is 0 Å². The van der Waals surface area contributed by atoms with E-state index in [1.54, 1.807) is 68.6 Å². The molecule has 6 heteroatoms. The van der Waals surface area contributed by atoms with Crippen LogP contribution in [0, 0.1) is 19.7 Å². The van der Waals surface area contributed by atoms with E-state index in [0.29, 0.717) is 11.3 Å². The Hall–Kier alpha value is -2.86. The van der Waals surface area contributed by atoms with Gasteiger partial charge < -0.3 is 4.74 Å². The topological polar surface area (TPSA) is 46.6 Å². The number of methoxy groups -OCH3 is 1. The van der Waals surface area contributed by atoms with Gasteiger partial charge in [0.2, 0.25) is 0 Å². The van der Waals surface area contributed by atoms with Gasteiger partial charge in [0.1, 0.15) is 11.6 Å². The number of hydrogen-bond acceptors (Lipinski definition) is 3. The lowest BCUT2D eigenvalue weighted by molar-refractivity contribution is 0.414. The van der Waals surface area contributed by atoms with Gasteiger partial charge in [0.25, 0.3) is 10.0 Å². The molecule has 0 N–H and O–H groups in total. The van der Waals surface area contributed by atoms with Crippen molar-refractivity contribution in [3.05, 3.63) is 89.2 Å². The van der Waals surface area contributed by atoms with Crippen molar-refractivity contribution in [2.24, 2.45) is 0 Å². The number of sulfonamides is 1. The largest absolute Gasteiger partial charge is 0.497 e. The molecule has 0 heterocycles. The quantitative estimate of drug-likeness (QED) is 0.595. The van der Waals surface area contributed by atoms with Crippen LogP contribution in [0.25, 0.3) is 0 Å². The minimum atomic E-state index is -3.88. The lowest BCUT2D eigenvalue weighted by Gasteiger charge is -2.25. The molecule has 0 saturated heterocycles. The van der Waals surface area contributed by atoms with Crippen molar-refractivity contribution in [2.45, 2.75) is 25.3 Å².